The first kappa shape index (κ1) is 14.8. The summed E-state index contributed by atoms with van der Waals surface area (Å²) in [5, 5.41) is 0. The maximum absolute atomic E-state index is 3.83. The largest absolute Gasteiger partial charge is 0.144 e. The molecule has 102 valence electrons. The molecule has 19 heavy (non-hydrogen) atoms. The smallest absolute Gasteiger partial charge is 0.0738 e. The van der Waals surface area contributed by atoms with Crippen LogP contribution in [0.15, 0.2) is 30.3 Å². The van der Waals surface area contributed by atoms with Gasteiger partial charge in [-0.25, -0.2) is 0 Å². The lowest BCUT2D eigenvalue weighted by molar-refractivity contribution is 0.647. The molecule has 0 N–H and O–H groups in total. The Morgan fingerprint density at radius 1 is 1.11 bits per heavy atom. The quantitative estimate of drug-likeness (QED) is 0.596. The Bertz CT molecular complexity index is 517. The fourth-order valence-corrected chi connectivity index (χ4v) is 3.95. The number of aryl methyl sites for hydroxylation is 2. The molecule has 0 saturated heterocycles. The highest BCUT2D eigenvalue weighted by atomic mass is 79.9. The summed E-state index contributed by atoms with van der Waals surface area (Å²) in [4.78, 5) is 3.13. The van der Waals surface area contributed by atoms with E-state index in [0.29, 0.717) is 10.7 Å². The summed E-state index contributed by atoms with van der Waals surface area (Å²) in [5.41, 5.74) is 4.16. The molecule has 2 rings (SSSR count). The highest BCUT2D eigenvalue weighted by molar-refractivity contribution is 9.09. The van der Waals surface area contributed by atoms with Gasteiger partial charge in [-0.05, 0) is 48.9 Å². The fourth-order valence-electron chi connectivity index (χ4n) is 2.19. The zero-order valence-electron chi connectivity index (χ0n) is 12.0. The molecule has 0 nitrogen and oxygen atoms in total. The Morgan fingerprint density at radius 2 is 1.74 bits per heavy atom. The van der Waals surface area contributed by atoms with Crippen molar-refractivity contribution in [3.8, 4) is 0 Å². The van der Waals surface area contributed by atoms with E-state index in [1.807, 2.05) is 11.3 Å². The van der Waals surface area contributed by atoms with Crippen LogP contribution >= 0.6 is 27.3 Å². The van der Waals surface area contributed by atoms with Gasteiger partial charge < -0.3 is 0 Å². The van der Waals surface area contributed by atoms with Crippen LogP contribution in [0.2, 0.25) is 0 Å². The maximum atomic E-state index is 3.83. The molecule has 1 aromatic heterocycles. The van der Waals surface area contributed by atoms with Crippen molar-refractivity contribution in [2.75, 3.05) is 0 Å². The molecule has 2 aromatic rings. The third-order valence-electron chi connectivity index (χ3n) is 3.35. The van der Waals surface area contributed by atoms with E-state index in [9.17, 15) is 0 Å². The van der Waals surface area contributed by atoms with Gasteiger partial charge in [-0.1, -0.05) is 54.0 Å². The number of benzene rings is 1. The lowest BCUT2D eigenvalue weighted by atomic mass is 10.0. The lowest BCUT2D eigenvalue weighted by Crippen LogP contribution is -1.95. The topological polar surface area (TPSA) is 0 Å². The Morgan fingerprint density at radius 3 is 2.21 bits per heavy atom. The van der Waals surface area contributed by atoms with Crippen molar-refractivity contribution in [1.29, 1.82) is 0 Å². The predicted octanol–water partition coefficient (Wildman–Crippen LogP) is 6.05. The van der Waals surface area contributed by atoms with Gasteiger partial charge in [0.05, 0.1) is 4.83 Å². The first-order valence-corrected chi connectivity index (χ1v) is 8.50. The number of thiophene rings is 1. The van der Waals surface area contributed by atoms with Crippen LogP contribution in [0.3, 0.4) is 0 Å². The van der Waals surface area contributed by atoms with Gasteiger partial charge in [0.25, 0.3) is 0 Å². The Balaban J connectivity index is 2.17. The maximum Gasteiger partial charge on any atom is 0.0738 e. The highest BCUT2D eigenvalue weighted by Gasteiger charge is 2.13. The summed E-state index contributed by atoms with van der Waals surface area (Å²) < 4.78 is 0. The van der Waals surface area contributed by atoms with Gasteiger partial charge >= 0.3 is 0 Å². The van der Waals surface area contributed by atoms with Gasteiger partial charge in [0.1, 0.15) is 0 Å². The van der Waals surface area contributed by atoms with Crippen molar-refractivity contribution in [3.63, 3.8) is 0 Å². The average molecular weight is 337 g/mol. The van der Waals surface area contributed by atoms with Gasteiger partial charge in [0.15, 0.2) is 0 Å². The van der Waals surface area contributed by atoms with Crippen LogP contribution in [-0.4, -0.2) is 0 Å². The first-order valence-electron chi connectivity index (χ1n) is 6.77. The van der Waals surface area contributed by atoms with Crippen LogP contribution in [-0.2, 0) is 6.42 Å². The van der Waals surface area contributed by atoms with E-state index in [0.717, 1.165) is 6.42 Å². The second kappa shape index (κ2) is 6.23. The fraction of sp³-hybridized carbons (Fsp3) is 0.412. The number of halogens is 1. The molecule has 0 saturated carbocycles. The van der Waals surface area contributed by atoms with E-state index < -0.39 is 0 Å². The molecular formula is C17H21BrS. The molecule has 2 heteroatoms. The van der Waals surface area contributed by atoms with Gasteiger partial charge in [-0.2, -0.15) is 0 Å². The van der Waals surface area contributed by atoms with Gasteiger partial charge in [0.2, 0.25) is 0 Å². The monoisotopic (exact) mass is 336 g/mol. The van der Waals surface area contributed by atoms with Crippen molar-refractivity contribution in [1.82, 2.24) is 0 Å². The van der Waals surface area contributed by atoms with Crippen LogP contribution in [0.5, 0.6) is 0 Å². The van der Waals surface area contributed by atoms with Gasteiger partial charge in [-0.3, -0.25) is 0 Å². The SMILES string of the molecule is Cc1cc(C(Br)c2ccc(CC(C)C)cc2)sc1C. The normalized spacial score (nSPS) is 12.9. The molecular weight excluding hydrogens is 316 g/mol. The van der Waals surface area contributed by atoms with Gasteiger partial charge in [0, 0.05) is 9.75 Å². The van der Waals surface area contributed by atoms with Crippen LogP contribution in [0.1, 0.15) is 45.1 Å². The first-order chi connectivity index (χ1) is 8.97. The molecule has 1 unspecified atom stereocenters. The molecule has 0 spiro atoms. The van der Waals surface area contributed by atoms with Crippen molar-refractivity contribution >= 4 is 27.3 Å². The van der Waals surface area contributed by atoms with Crippen LogP contribution in [0, 0.1) is 19.8 Å². The third kappa shape index (κ3) is 3.70. The summed E-state index contributed by atoms with van der Waals surface area (Å²) in [6, 6.07) is 11.3. The van der Waals surface area contributed by atoms with E-state index in [1.165, 1.54) is 26.4 Å². The minimum Gasteiger partial charge on any atom is -0.144 e. The molecule has 0 bridgehead atoms. The zero-order chi connectivity index (χ0) is 14.0. The molecule has 1 atom stereocenters. The summed E-state index contributed by atoms with van der Waals surface area (Å²) in [5.74, 6) is 0.716. The second-order valence-corrected chi connectivity index (χ2v) is 7.79. The number of alkyl halides is 1. The minimum absolute atomic E-state index is 0.318. The standard InChI is InChI=1S/C17H21BrS/c1-11(2)9-14-5-7-15(8-6-14)17(18)16-10-12(3)13(4)19-16/h5-8,10-11,17H,9H2,1-4H3. The summed E-state index contributed by atoms with van der Waals surface area (Å²) in [7, 11) is 0. The molecule has 1 aromatic carbocycles. The molecule has 1 heterocycles. The number of hydrogen-bond acceptors (Lipinski definition) is 1. The molecule has 0 aliphatic heterocycles. The summed E-state index contributed by atoms with van der Waals surface area (Å²) in [6.45, 7) is 8.90. The Labute approximate surface area is 129 Å². The van der Waals surface area contributed by atoms with Crippen molar-refractivity contribution in [2.24, 2.45) is 5.92 Å². The van der Waals surface area contributed by atoms with Crippen molar-refractivity contribution in [3.05, 3.63) is 56.8 Å². The zero-order valence-corrected chi connectivity index (χ0v) is 14.4. The van der Waals surface area contributed by atoms with Crippen LogP contribution in [0.4, 0.5) is 0 Å². The van der Waals surface area contributed by atoms with E-state index in [2.05, 4.69) is 74.0 Å². The summed E-state index contributed by atoms with van der Waals surface area (Å²) in [6.07, 6.45) is 1.16. The van der Waals surface area contributed by atoms with E-state index in [4.69, 9.17) is 0 Å². The molecule has 0 amide bonds. The Hall–Kier alpha value is -0.600. The van der Waals surface area contributed by atoms with E-state index in [1.54, 1.807) is 0 Å². The van der Waals surface area contributed by atoms with E-state index in [-0.39, 0.29) is 0 Å². The minimum atomic E-state index is 0.318. The van der Waals surface area contributed by atoms with Crippen LogP contribution < -0.4 is 0 Å². The Kier molecular flexibility index (Phi) is 4.86. The highest BCUT2D eigenvalue weighted by Crippen LogP contribution is 2.36. The van der Waals surface area contributed by atoms with Crippen molar-refractivity contribution in [2.45, 2.75) is 38.9 Å². The lowest BCUT2D eigenvalue weighted by Gasteiger charge is -2.10. The second-order valence-electron chi connectivity index (χ2n) is 5.59. The van der Waals surface area contributed by atoms with Crippen LogP contribution in [0.25, 0.3) is 0 Å². The average Bonchev–Trinajstić information content (AvgIpc) is 2.69. The number of rotatable bonds is 4. The predicted molar refractivity (Wildman–Crippen MR) is 89.5 cm³/mol. The van der Waals surface area contributed by atoms with Gasteiger partial charge in [-0.15, -0.1) is 11.3 Å². The molecule has 0 aliphatic carbocycles. The van der Waals surface area contributed by atoms with E-state index >= 15 is 0 Å². The molecule has 0 aliphatic rings. The third-order valence-corrected chi connectivity index (χ3v) is 5.89. The number of hydrogen-bond donors (Lipinski definition) is 0. The molecule has 0 fully saturated rings. The summed E-state index contributed by atoms with van der Waals surface area (Å²) >= 11 is 5.71. The van der Waals surface area contributed by atoms with Crippen molar-refractivity contribution < 1.29 is 0 Å². The molecule has 0 radical (unpaired) electrons.